The number of rotatable bonds is 7. The van der Waals surface area contributed by atoms with E-state index >= 15 is 0 Å². The van der Waals surface area contributed by atoms with Crippen LogP contribution >= 0.6 is 0 Å². The van der Waals surface area contributed by atoms with Gasteiger partial charge in [0, 0.05) is 61.1 Å². The van der Waals surface area contributed by atoms with E-state index in [1.165, 1.54) is 28.1 Å². The molecule has 2 atom stereocenters. The maximum absolute atomic E-state index is 13.6. The van der Waals surface area contributed by atoms with Gasteiger partial charge in [-0.1, -0.05) is 36.9 Å². The maximum atomic E-state index is 13.6. The Morgan fingerprint density at radius 2 is 1.91 bits per heavy atom. The molecule has 9 nitrogen and oxygen atoms in total. The van der Waals surface area contributed by atoms with Gasteiger partial charge in [0.2, 0.25) is 5.91 Å². The molecule has 3 aliphatic heterocycles. The van der Waals surface area contributed by atoms with Crippen LogP contribution in [-0.2, 0) is 17.8 Å². The summed E-state index contributed by atoms with van der Waals surface area (Å²) in [6.45, 7) is 10.5. The van der Waals surface area contributed by atoms with Crippen molar-refractivity contribution in [2.45, 2.75) is 51.2 Å². The van der Waals surface area contributed by atoms with E-state index in [4.69, 9.17) is 4.98 Å². The number of nitrogens with zero attached hydrogens (tertiary/aromatic N) is 6. The Morgan fingerprint density at radius 3 is 2.66 bits per heavy atom. The van der Waals surface area contributed by atoms with Crippen LogP contribution in [-0.4, -0.2) is 85.0 Å². The van der Waals surface area contributed by atoms with E-state index in [0.29, 0.717) is 44.5 Å². The number of anilines is 2. The fourth-order valence-corrected chi connectivity index (χ4v) is 7.19. The van der Waals surface area contributed by atoms with Crippen molar-refractivity contribution >= 4 is 34.0 Å². The summed E-state index contributed by atoms with van der Waals surface area (Å²) in [5.74, 6) is -0.318. The molecule has 4 heterocycles. The van der Waals surface area contributed by atoms with Gasteiger partial charge in [-0.3, -0.25) is 9.59 Å². The normalized spacial score (nSPS) is 20.3. The summed E-state index contributed by atoms with van der Waals surface area (Å²) in [4.78, 5) is 39.9. The molecule has 6 rings (SSSR count). The third kappa shape index (κ3) is 5.74. The lowest BCUT2D eigenvalue weighted by Crippen LogP contribution is -2.55. The summed E-state index contributed by atoms with van der Waals surface area (Å²) in [7, 11) is 2.11. The first-order valence-electron chi connectivity index (χ1n) is 15.7. The number of nitriles is 1. The molecule has 0 radical (unpaired) electrons. The fraction of sp³-hybridized carbons (Fsp3) is 0.429. The lowest BCUT2D eigenvalue weighted by Gasteiger charge is -2.43. The number of likely N-dealkylation sites (tertiary alicyclic amines) is 1. The van der Waals surface area contributed by atoms with Gasteiger partial charge in [-0.15, -0.1) is 0 Å². The molecule has 0 saturated carbocycles. The number of carbonyl (C=O) groups is 2. The van der Waals surface area contributed by atoms with Crippen LogP contribution in [0.3, 0.4) is 0 Å². The highest BCUT2D eigenvalue weighted by molar-refractivity contribution is 5.97. The zero-order valence-electron chi connectivity index (χ0n) is 25.8. The molecule has 0 bridgehead atoms. The summed E-state index contributed by atoms with van der Waals surface area (Å²) >= 11 is 0. The van der Waals surface area contributed by atoms with Gasteiger partial charge >= 0.3 is 0 Å². The van der Waals surface area contributed by atoms with Crippen LogP contribution in [0.5, 0.6) is 0 Å². The Bertz CT molecular complexity index is 1620. The summed E-state index contributed by atoms with van der Waals surface area (Å²) < 4.78 is 0. The zero-order valence-corrected chi connectivity index (χ0v) is 25.8. The smallest absolute Gasteiger partial charge is 0.270 e. The number of hydrogen-bond acceptors (Lipinski definition) is 7. The van der Waals surface area contributed by atoms with E-state index in [1.54, 1.807) is 4.90 Å². The molecule has 1 N–H and O–H groups in total. The Labute approximate surface area is 259 Å². The molecule has 228 valence electrons. The molecule has 44 heavy (non-hydrogen) atoms. The lowest BCUT2D eigenvalue weighted by atomic mass is 9.97. The number of piperazine rings is 1. The number of fused-ring (bicyclic) bond motifs is 2. The predicted octanol–water partition coefficient (Wildman–Crippen LogP) is 4.05. The molecular formula is C35H41N7O2. The Morgan fingerprint density at radius 1 is 1.09 bits per heavy atom. The van der Waals surface area contributed by atoms with E-state index in [1.807, 2.05) is 6.07 Å². The van der Waals surface area contributed by atoms with E-state index < -0.39 is 0 Å². The van der Waals surface area contributed by atoms with Crippen molar-refractivity contribution in [3.63, 3.8) is 0 Å². The van der Waals surface area contributed by atoms with Crippen LogP contribution < -0.4 is 15.1 Å². The van der Waals surface area contributed by atoms with Gasteiger partial charge in [-0.2, -0.15) is 5.26 Å². The molecule has 1 aromatic heterocycles. The average Bonchev–Trinajstić information content (AvgIpc) is 3.46. The van der Waals surface area contributed by atoms with Gasteiger partial charge in [0.05, 0.1) is 30.8 Å². The average molecular weight is 592 g/mol. The van der Waals surface area contributed by atoms with Gasteiger partial charge in [0.15, 0.2) is 0 Å². The minimum Gasteiger partial charge on any atom is -0.367 e. The quantitative estimate of drug-likeness (QED) is 0.415. The highest BCUT2D eigenvalue weighted by Gasteiger charge is 2.33. The van der Waals surface area contributed by atoms with Crippen LogP contribution in [0.4, 0.5) is 11.4 Å². The molecule has 2 amide bonds. The number of carbonyl (C=O) groups excluding carboxylic acids is 2. The fourth-order valence-electron chi connectivity index (χ4n) is 7.19. The van der Waals surface area contributed by atoms with Gasteiger partial charge in [0.25, 0.3) is 5.91 Å². The van der Waals surface area contributed by atoms with Crippen LogP contribution in [0.2, 0.25) is 0 Å². The molecule has 9 heteroatoms. The highest BCUT2D eigenvalue weighted by Crippen LogP contribution is 2.36. The SMILES string of the molecule is C=CC(=O)N1CCN(c2cc(C(=O)NCC3CCCN3C)nc3c2CCN(c2cccc4cccc(C)c24)C3)C[C@@H]1CC#N. The second-order valence-electron chi connectivity index (χ2n) is 12.3. The number of likely N-dealkylation sites (N-methyl/N-ethyl adjacent to an activating group) is 1. The zero-order chi connectivity index (χ0) is 30.8. The molecule has 0 aliphatic carbocycles. The molecule has 1 unspecified atom stereocenters. The van der Waals surface area contributed by atoms with E-state index in [-0.39, 0.29) is 24.3 Å². The number of benzene rings is 2. The summed E-state index contributed by atoms with van der Waals surface area (Å²) in [5.41, 5.74) is 5.86. The van der Waals surface area contributed by atoms with Crippen molar-refractivity contribution in [3.05, 3.63) is 77.6 Å². The third-order valence-electron chi connectivity index (χ3n) is 9.60. The van der Waals surface area contributed by atoms with Crippen LogP contribution in [0.25, 0.3) is 10.8 Å². The number of hydrogen-bond donors (Lipinski definition) is 1. The van der Waals surface area contributed by atoms with Gasteiger partial charge < -0.3 is 24.9 Å². The second kappa shape index (κ2) is 12.7. The molecule has 0 spiro atoms. The predicted molar refractivity (Wildman–Crippen MR) is 174 cm³/mol. The van der Waals surface area contributed by atoms with Crippen LogP contribution in [0.1, 0.15) is 46.6 Å². The Kier molecular flexibility index (Phi) is 8.53. The standard InChI is InChI=1S/C35H41N7O2/c1-4-33(43)42-19-18-41(22-27(42)13-15-36)32-20-29(35(44)37-21-26-11-7-16-39(26)3)38-30-23-40(17-14-28(30)32)31-12-6-10-25-9-5-8-24(2)34(25)31/h4-6,8-10,12,20,26-27H,1,7,11,13-14,16-19,21-23H2,2-3H3,(H,37,44)/t26?,27-/m0/s1. The number of aryl methyl sites for hydroxylation is 1. The second-order valence-corrected chi connectivity index (χ2v) is 12.3. The number of aromatic nitrogens is 1. The Balaban J connectivity index is 1.35. The van der Waals surface area contributed by atoms with E-state index in [2.05, 4.69) is 83.0 Å². The van der Waals surface area contributed by atoms with Gasteiger partial charge in [-0.25, -0.2) is 4.98 Å². The summed E-state index contributed by atoms with van der Waals surface area (Å²) in [6.07, 6.45) is 4.56. The summed E-state index contributed by atoms with van der Waals surface area (Å²) in [6, 6.07) is 17.1. The Hall–Kier alpha value is -4.42. The molecule has 2 fully saturated rings. The van der Waals surface area contributed by atoms with Crippen molar-refractivity contribution in [1.29, 1.82) is 5.26 Å². The molecule has 2 saturated heterocycles. The minimum absolute atomic E-state index is 0.153. The molecule has 3 aromatic rings. The monoisotopic (exact) mass is 591 g/mol. The van der Waals surface area contributed by atoms with Crippen molar-refractivity contribution in [2.75, 3.05) is 56.1 Å². The highest BCUT2D eigenvalue weighted by atomic mass is 16.2. The number of amides is 2. The maximum Gasteiger partial charge on any atom is 0.270 e. The number of nitrogens with one attached hydrogen (secondary N) is 1. The van der Waals surface area contributed by atoms with E-state index in [0.717, 1.165) is 49.3 Å². The largest absolute Gasteiger partial charge is 0.367 e. The van der Waals surface area contributed by atoms with Crippen molar-refractivity contribution < 1.29 is 9.59 Å². The first-order chi connectivity index (χ1) is 21.4. The molecule has 2 aromatic carbocycles. The van der Waals surface area contributed by atoms with Crippen molar-refractivity contribution in [2.24, 2.45) is 0 Å². The molecular weight excluding hydrogens is 550 g/mol. The number of pyridine rings is 1. The topological polar surface area (TPSA) is 95.8 Å². The summed E-state index contributed by atoms with van der Waals surface area (Å²) in [5, 5.41) is 15.2. The third-order valence-corrected chi connectivity index (χ3v) is 9.60. The van der Waals surface area contributed by atoms with Crippen molar-refractivity contribution in [3.8, 4) is 6.07 Å². The van der Waals surface area contributed by atoms with Gasteiger partial charge in [0.1, 0.15) is 5.69 Å². The first-order valence-corrected chi connectivity index (χ1v) is 15.7. The minimum atomic E-state index is -0.253. The lowest BCUT2D eigenvalue weighted by molar-refractivity contribution is -0.128. The van der Waals surface area contributed by atoms with Crippen molar-refractivity contribution in [1.82, 2.24) is 20.1 Å². The van der Waals surface area contributed by atoms with E-state index in [9.17, 15) is 14.9 Å². The van der Waals surface area contributed by atoms with Crippen LogP contribution in [0.15, 0.2) is 55.1 Å². The van der Waals surface area contributed by atoms with Crippen LogP contribution in [0, 0.1) is 18.3 Å². The molecule has 3 aliphatic rings. The van der Waals surface area contributed by atoms with Gasteiger partial charge in [-0.05, 0) is 68.9 Å². The first kappa shape index (κ1) is 29.6.